The van der Waals surface area contributed by atoms with E-state index in [1.54, 1.807) is 47.4 Å². The zero-order chi connectivity index (χ0) is 18.4. The van der Waals surface area contributed by atoms with E-state index >= 15 is 0 Å². The molecule has 0 unspecified atom stereocenters. The molecule has 2 heterocycles. The molecular weight excluding hydrogens is 358 g/mol. The zero-order valence-electron chi connectivity index (χ0n) is 14.0. The maximum absolute atomic E-state index is 12.6. The van der Waals surface area contributed by atoms with Crippen LogP contribution < -0.4 is 0 Å². The molecule has 9 heteroatoms. The van der Waals surface area contributed by atoms with Crippen LogP contribution in [0.5, 0.6) is 0 Å². The maximum Gasteiger partial charge on any atom is 0.263 e. The predicted molar refractivity (Wildman–Crippen MR) is 94.0 cm³/mol. The van der Waals surface area contributed by atoms with Gasteiger partial charge in [0.1, 0.15) is 12.0 Å². The number of nitrogens with zero attached hydrogens (tertiary/aromatic N) is 3. The molecule has 0 spiro atoms. The van der Waals surface area contributed by atoms with Crippen molar-refractivity contribution in [2.24, 2.45) is 5.16 Å². The van der Waals surface area contributed by atoms with E-state index in [1.165, 1.54) is 16.8 Å². The molecule has 1 fully saturated rings. The highest BCUT2D eigenvalue weighted by atomic mass is 32.2. The van der Waals surface area contributed by atoms with Crippen LogP contribution in [0.25, 0.3) is 0 Å². The van der Waals surface area contributed by atoms with E-state index in [0.29, 0.717) is 18.8 Å². The summed E-state index contributed by atoms with van der Waals surface area (Å²) in [5.41, 5.74) is 0. The molecule has 1 aliphatic rings. The Morgan fingerprint density at radius 1 is 1.12 bits per heavy atom. The first-order chi connectivity index (χ1) is 12.6. The van der Waals surface area contributed by atoms with Crippen molar-refractivity contribution in [2.75, 3.05) is 32.8 Å². The van der Waals surface area contributed by atoms with Gasteiger partial charge in [-0.2, -0.15) is 4.31 Å². The predicted octanol–water partition coefficient (Wildman–Crippen LogP) is 1.16. The number of hydrogen-bond acceptors (Lipinski definition) is 6. The fraction of sp³-hybridized carbons (Fsp3) is 0.294. The highest BCUT2D eigenvalue weighted by Gasteiger charge is 2.29. The zero-order valence-corrected chi connectivity index (χ0v) is 14.8. The summed E-state index contributed by atoms with van der Waals surface area (Å²) in [6.07, 6.45) is 2.88. The number of sulfonamides is 1. The van der Waals surface area contributed by atoms with Gasteiger partial charge in [0.05, 0.1) is 11.2 Å². The molecule has 1 saturated heterocycles. The van der Waals surface area contributed by atoms with Gasteiger partial charge in [0, 0.05) is 26.2 Å². The Kier molecular flexibility index (Phi) is 5.69. The molecule has 26 heavy (non-hydrogen) atoms. The molecule has 0 bridgehead atoms. The van der Waals surface area contributed by atoms with Gasteiger partial charge in [-0.3, -0.25) is 4.79 Å². The first-order valence-electron chi connectivity index (χ1n) is 8.09. The Bertz CT molecular complexity index is 842. The second kappa shape index (κ2) is 8.15. The molecule has 0 saturated carbocycles. The number of benzene rings is 1. The van der Waals surface area contributed by atoms with Crippen LogP contribution in [-0.4, -0.2) is 62.5 Å². The van der Waals surface area contributed by atoms with E-state index in [4.69, 9.17) is 9.25 Å². The minimum Gasteiger partial charge on any atom is -0.463 e. The second-order valence-electron chi connectivity index (χ2n) is 5.62. The van der Waals surface area contributed by atoms with Gasteiger partial charge in [0.25, 0.3) is 5.91 Å². The number of hydrogen-bond donors (Lipinski definition) is 0. The molecule has 2 aromatic rings. The highest BCUT2D eigenvalue weighted by Crippen LogP contribution is 2.17. The van der Waals surface area contributed by atoms with Gasteiger partial charge in [-0.15, -0.1) is 0 Å². The van der Waals surface area contributed by atoms with Crippen molar-refractivity contribution >= 4 is 22.1 Å². The van der Waals surface area contributed by atoms with Crippen LogP contribution in [0.3, 0.4) is 0 Å². The second-order valence-corrected chi connectivity index (χ2v) is 7.56. The Morgan fingerprint density at radius 3 is 2.50 bits per heavy atom. The lowest BCUT2D eigenvalue weighted by Crippen LogP contribution is -2.51. The minimum atomic E-state index is -3.53. The summed E-state index contributed by atoms with van der Waals surface area (Å²) in [5, 5.41) is 3.67. The molecule has 1 aromatic heterocycles. The van der Waals surface area contributed by atoms with Gasteiger partial charge >= 0.3 is 0 Å². The van der Waals surface area contributed by atoms with Crippen LogP contribution in [0.4, 0.5) is 0 Å². The van der Waals surface area contributed by atoms with Crippen LogP contribution >= 0.6 is 0 Å². The minimum absolute atomic E-state index is 0.206. The van der Waals surface area contributed by atoms with E-state index in [0.717, 1.165) is 0 Å². The van der Waals surface area contributed by atoms with Crippen LogP contribution in [0.1, 0.15) is 5.76 Å². The quantitative estimate of drug-likeness (QED) is 0.556. The van der Waals surface area contributed by atoms with Crippen LogP contribution in [0.2, 0.25) is 0 Å². The van der Waals surface area contributed by atoms with Crippen LogP contribution in [0.15, 0.2) is 63.2 Å². The SMILES string of the molecule is O=C(CON=Cc1ccco1)N1CCN(S(=O)(=O)c2ccccc2)CC1. The molecule has 0 aliphatic carbocycles. The summed E-state index contributed by atoms with van der Waals surface area (Å²) in [7, 11) is -3.53. The van der Waals surface area contributed by atoms with Gasteiger partial charge in [-0.1, -0.05) is 23.4 Å². The standard InChI is InChI=1S/C17H19N3O5S/c21-17(14-25-18-13-15-5-4-12-24-15)19-8-10-20(11-9-19)26(22,23)16-6-2-1-3-7-16/h1-7,12-13H,8-11,14H2. The average molecular weight is 377 g/mol. The lowest BCUT2D eigenvalue weighted by atomic mass is 10.3. The van der Waals surface area contributed by atoms with E-state index in [1.807, 2.05) is 0 Å². The Morgan fingerprint density at radius 2 is 1.85 bits per heavy atom. The van der Waals surface area contributed by atoms with E-state index in [9.17, 15) is 13.2 Å². The molecule has 0 N–H and O–H groups in total. The third-order valence-electron chi connectivity index (χ3n) is 3.96. The molecule has 0 radical (unpaired) electrons. The third kappa shape index (κ3) is 4.30. The smallest absolute Gasteiger partial charge is 0.263 e. The van der Waals surface area contributed by atoms with Gasteiger partial charge in [0.2, 0.25) is 10.0 Å². The van der Waals surface area contributed by atoms with Crippen LogP contribution in [-0.2, 0) is 19.7 Å². The van der Waals surface area contributed by atoms with E-state index in [2.05, 4.69) is 5.16 Å². The van der Waals surface area contributed by atoms with Gasteiger partial charge < -0.3 is 14.2 Å². The van der Waals surface area contributed by atoms with Gasteiger partial charge in [0.15, 0.2) is 6.61 Å². The maximum atomic E-state index is 12.6. The lowest BCUT2D eigenvalue weighted by Gasteiger charge is -2.33. The topological polar surface area (TPSA) is 92.4 Å². The normalized spacial score (nSPS) is 16.1. The first kappa shape index (κ1) is 18.2. The van der Waals surface area contributed by atoms with Crippen molar-refractivity contribution in [3.63, 3.8) is 0 Å². The molecule has 1 amide bonds. The summed E-state index contributed by atoms with van der Waals surface area (Å²) in [6.45, 7) is 0.923. The lowest BCUT2D eigenvalue weighted by molar-refractivity contribution is -0.137. The van der Waals surface area contributed by atoms with Crippen molar-refractivity contribution in [2.45, 2.75) is 4.90 Å². The van der Waals surface area contributed by atoms with Crippen molar-refractivity contribution in [3.05, 3.63) is 54.5 Å². The fourth-order valence-electron chi connectivity index (χ4n) is 2.56. The molecular formula is C17H19N3O5S. The van der Waals surface area contributed by atoms with E-state index < -0.39 is 10.0 Å². The summed E-state index contributed by atoms with van der Waals surface area (Å²) in [6, 6.07) is 11.7. The Labute approximate surface area is 151 Å². The van der Waals surface area contributed by atoms with Gasteiger partial charge in [-0.05, 0) is 24.3 Å². The number of carbonyl (C=O) groups excluding carboxylic acids is 1. The summed E-state index contributed by atoms with van der Waals surface area (Å²) in [4.78, 5) is 18.9. The molecule has 8 nitrogen and oxygen atoms in total. The van der Waals surface area contributed by atoms with Crippen molar-refractivity contribution in [1.82, 2.24) is 9.21 Å². The summed E-state index contributed by atoms with van der Waals surface area (Å²) < 4.78 is 31.6. The number of amides is 1. The molecule has 1 aliphatic heterocycles. The average Bonchev–Trinajstić information content (AvgIpc) is 3.19. The highest BCUT2D eigenvalue weighted by molar-refractivity contribution is 7.89. The summed E-state index contributed by atoms with van der Waals surface area (Å²) in [5.74, 6) is 0.288. The molecule has 138 valence electrons. The Hall–Kier alpha value is -2.65. The van der Waals surface area contributed by atoms with Crippen molar-refractivity contribution in [3.8, 4) is 0 Å². The molecule has 0 atom stereocenters. The fourth-order valence-corrected chi connectivity index (χ4v) is 4.00. The first-order valence-corrected chi connectivity index (χ1v) is 9.53. The van der Waals surface area contributed by atoms with E-state index in [-0.39, 0.29) is 30.5 Å². The monoisotopic (exact) mass is 377 g/mol. The molecule has 1 aromatic carbocycles. The number of carbonyl (C=O) groups is 1. The van der Waals surface area contributed by atoms with Gasteiger partial charge in [-0.25, -0.2) is 8.42 Å². The number of piperazine rings is 1. The van der Waals surface area contributed by atoms with Crippen LogP contribution in [0, 0.1) is 0 Å². The third-order valence-corrected chi connectivity index (χ3v) is 5.87. The largest absolute Gasteiger partial charge is 0.463 e. The van der Waals surface area contributed by atoms with Crippen molar-refractivity contribution < 1.29 is 22.5 Å². The van der Waals surface area contributed by atoms with Crippen molar-refractivity contribution in [1.29, 1.82) is 0 Å². The molecule has 3 rings (SSSR count). The number of rotatable bonds is 6. The Balaban J connectivity index is 1.48. The summed E-state index contributed by atoms with van der Waals surface area (Å²) >= 11 is 0. The number of furan rings is 1. The number of oxime groups is 1.